The molecule has 3 nitrogen and oxygen atoms in total. The Hall–Kier alpha value is -1.35. The molecule has 1 aliphatic heterocycles. The Kier molecular flexibility index (Phi) is 3.79. The third-order valence-electron chi connectivity index (χ3n) is 3.21. The number of amides is 1. The van der Waals surface area contributed by atoms with Crippen LogP contribution >= 0.6 is 0 Å². The zero-order chi connectivity index (χ0) is 12.3. The summed E-state index contributed by atoms with van der Waals surface area (Å²) >= 11 is 0. The van der Waals surface area contributed by atoms with Crippen molar-refractivity contribution in [3.63, 3.8) is 0 Å². The lowest BCUT2D eigenvalue weighted by Crippen LogP contribution is -2.47. The number of anilines is 1. The van der Waals surface area contributed by atoms with E-state index >= 15 is 0 Å². The second-order valence-corrected chi connectivity index (χ2v) is 4.71. The minimum atomic E-state index is -0.0872. The summed E-state index contributed by atoms with van der Waals surface area (Å²) in [7, 11) is 0. The second kappa shape index (κ2) is 5.32. The van der Waals surface area contributed by atoms with Gasteiger partial charge in [-0.2, -0.15) is 0 Å². The van der Waals surface area contributed by atoms with E-state index in [4.69, 9.17) is 0 Å². The first-order valence-electron chi connectivity index (χ1n) is 6.30. The molecule has 1 fully saturated rings. The van der Waals surface area contributed by atoms with Crippen molar-refractivity contribution in [2.45, 2.75) is 32.7 Å². The Morgan fingerprint density at radius 3 is 2.94 bits per heavy atom. The molecule has 17 heavy (non-hydrogen) atoms. The van der Waals surface area contributed by atoms with Gasteiger partial charge in [-0.25, -0.2) is 0 Å². The van der Waals surface area contributed by atoms with Crippen molar-refractivity contribution in [2.24, 2.45) is 0 Å². The summed E-state index contributed by atoms with van der Waals surface area (Å²) in [6.07, 6.45) is 2.18. The normalized spacial score (nSPS) is 22.1. The Balaban J connectivity index is 2.24. The quantitative estimate of drug-likeness (QED) is 0.804. The van der Waals surface area contributed by atoms with Gasteiger partial charge in [0.05, 0.1) is 6.04 Å². The molecule has 3 heteroatoms. The van der Waals surface area contributed by atoms with E-state index in [0.29, 0.717) is 0 Å². The number of rotatable bonds is 1. The molecule has 1 atom stereocenters. The summed E-state index contributed by atoms with van der Waals surface area (Å²) in [6.45, 7) is 5.76. The van der Waals surface area contributed by atoms with Crippen LogP contribution in [-0.4, -0.2) is 25.0 Å². The molecule has 0 aromatic heterocycles. The lowest BCUT2D eigenvalue weighted by Gasteiger charge is -2.29. The van der Waals surface area contributed by atoms with Crippen LogP contribution in [0.3, 0.4) is 0 Å². The lowest BCUT2D eigenvalue weighted by atomic mass is 10.1. The van der Waals surface area contributed by atoms with Gasteiger partial charge in [0.1, 0.15) is 0 Å². The van der Waals surface area contributed by atoms with E-state index in [1.165, 1.54) is 5.56 Å². The molecule has 1 aliphatic rings. The van der Waals surface area contributed by atoms with Crippen LogP contribution in [0.2, 0.25) is 0 Å². The standard InChI is InChI=1S/C14H20N2O/c1-11-6-5-7-13(10-11)16-9-4-3-8-15-12(2)14(16)17/h5-7,10,12,15H,3-4,8-9H2,1-2H3. The van der Waals surface area contributed by atoms with Gasteiger partial charge in [0.2, 0.25) is 5.91 Å². The minimum absolute atomic E-state index is 0.0872. The van der Waals surface area contributed by atoms with Gasteiger partial charge in [0.25, 0.3) is 0 Å². The maximum Gasteiger partial charge on any atom is 0.243 e. The van der Waals surface area contributed by atoms with E-state index < -0.39 is 0 Å². The SMILES string of the molecule is Cc1cccc(N2CCCCNC(C)C2=O)c1. The molecule has 0 aliphatic carbocycles. The molecule has 1 N–H and O–H groups in total. The molecule has 0 spiro atoms. The highest BCUT2D eigenvalue weighted by Crippen LogP contribution is 2.18. The Morgan fingerprint density at radius 1 is 1.35 bits per heavy atom. The van der Waals surface area contributed by atoms with Gasteiger partial charge in [-0.05, 0) is 50.9 Å². The summed E-state index contributed by atoms with van der Waals surface area (Å²) in [5.41, 5.74) is 2.21. The first kappa shape index (κ1) is 12.1. The molecule has 1 aromatic carbocycles. The summed E-state index contributed by atoms with van der Waals surface area (Å²) in [5, 5.41) is 3.26. The fourth-order valence-corrected chi connectivity index (χ4v) is 2.20. The zero-order valence-electron chi connectivity index (χ0n) is 10.6. The number of carbonyl (C=O) groups is 1. The van der Waals surface area contributed by atoms with E-state index in [1.54, 1.807) is 0 Å². The van der Waals surface area contributed by atoms with Gasteiger partial charge in [-0.1, -0.05) is 12.1 Å². The second-order valence-electron chi connectivity index (χ2n) is 4.71. The molecular weight excluding hydrogens is 212 g/mol. The van der Waals surface area contributed by atoms with E-state index in [0.717, 1.165) is 31.6 Å². The first-order valence-corrected chi connectivity index (χ1v) is 6.30. The Bertz CT molecular complexity index is 403. The minimum Gasteiger partial charge on any atom is -0.311 e. The fourth-order valence-electron chi connectivity index (χ4n) is 2.20. The third-order valence-corrected chi connectivity index (χ3v) is 3.21. The third kappa shape index (κ3) is 2.86. The summed E-state index contributed by atoms with van der Waals surface area (Å²) in [6, 6.07) is 8.07. The van der Waals surface area contributed by atoms with Crippen LogP contribution in [0.25, 0.3) is 0 Å². The Morgan fingerprint density at radius 2 is 2.18 bits per heavy atom. The molecule has 1 unspecified atom stereocenters. The summed E-state index contributed by atoms with van der Waals surface area (Å²) in [5.74, 6) is 0.176. The van der Waals surface area contributed by atoms with Crippen LogP contribution in [0.5, 0.6) is 0 Å². The van der Waals surface area contributed by atoms with E-state index in [1.807, 2.05) is 24.0 Å². The highest BCUT2D eigenvalue weighted by Gasteiger charge is 2.22. The fraction of sp³-hybridized carbons (Fsp3) is 0.500. The topological polar surface area (TPSA) is 32.3 Å². The lowest BCUT2D eigenvalue weighted by molar-refractivity contribution is -0.120. The van der Waals surface area contributed by atoms with Gasteiger partial charge < -0.3 is 10.2 Å². The van der Waals surface area contributed by atoms with Crippen molar-refractivity contribution in [2.75, 3.05) is 18.0 Å². The van der Waals surface area contributed by atoms with E-state index in [2.05, 4.69) is 24.4 Å². The zero-order valence-corrected chi connectivity index (χ0v) is 10.6. The van der Waals surface area contributed by atoms with Crippen LogP contribution < -0.4 is 10.2 Å². The predicted molar refractivity (Wildman–Crippen MR) is 70.2 cm³/mol. The van der Waals surface area contributed by atoms with E-state index in [-0.39, 0.29) is 11.9 Å². The summed E-state index contributed by atoms with van der Waals surface area (Å²) in [4.78, 5) is 14.2. The van der Waals surface area contributed by atoms with Crippen molar-refractivity contribution >= 4 is 11.6 Å². The van der Waals surface area contributed by atoms with Gasteiger partial charge in [-0.15, -0.1) is 0 Å². The molecule has 1 amide bonds. The number of carbonyl (C=O) groups excluding carboxylic acids is 1. The highest BCUT2D eigenvalue weighted by molar-refractivity contribution is 5.97. The average Bonchev–Trinajstić information content (AvgIpc) is 2.31. The van der Waals surface area contributed by atoms with E-state index in [9.17, 15) is 4.79 Å². The van der Waals surface area contributed by atoms with Crippen LogP contribution in [0.15, 0.2) is 24.3 Å². The van der Waals surface area contributed by atoms with Crippen molar-refractivity contribution in [1.82, 2.24) is 5.32 Å². The van der Waals surface area contributed by atoms with Crippen LogP contribution in [-0.2, 0) is 4.79 Å². The van der Waals surface area contributed by atoms with Gasteiger partial charge in [0.15, 0.2) is 0 Å². The smallest absolute Gasteiger partial charge is 0.243 e. The number of hydrogen-bond donors (Lipinski definition) is 1. The molecule has 1 heterocycles. The van der Waals surface area contributed by atoms with Crippen molar-refractivity contribution in [3.05, 3.63) is 29.8 Å². The van der Waals surface area contributed by atoms with Crippen LogP contribution in [0, 0.1) is 6.92 Å². The maximum atomic E-state index is 12.3. The van der Waals surface area contributed by atoms with Gasteiger partial charge in [-0.3, -0.25) is 4.79 Å². The molecule has 92 valence electrons. The van der Waals surface area contributed by atoms with Crippen molar-refractivity contribution < 1.29 is 4.79 Å². The molecule has 0 saturated carbocycles. The van der Waals surface area contributed by atoms with Crippen molar-refractivity contribution in [1.29, 1.82) is 0 Å². The first-order chi connectivity index (χ1) is 8.18. The summed E-state index contributed by atoms with van der Waals surface area (Å²) < 4.78 is 0. The average molecular weight is 232 g/mol. The molecule has 0 radical (unpaired) electrons. The molecule has 1 aromatic rings. The van der Waals surface area contributed by atoms with Gasteiger partial charge >= 0.3 is 0 Å². The number of nitrogens with zero attached hydrogens (tertiary/aromatic N) is 1. The van der Waals surface area contributed by atoms with Crippen molar-refractivity contribution in [3.8, 4) is 0 Å². The van der Waals surface area contributed by atoms with Gasteiger partial charge in [0, 0.05) is 12.2 Å². The van der Waals surface area contributed by atoms with Crippen LogP contribution in [0.4, 0.5) is 5.69 Å². The van der Waals surface area contributed by atoms with Crippen LogP contribution in [0.1, 0.15) is 25.3 Å². The predicted octanol–water partition coefficient (Wildman–Crippen LogP) is 2.10. The number of nitrogens with one attached hydrogen (secondary N) is 1. The molecular formula is C14H20N2O. The molecule has 0 bridgehead atoms. The monoisotopic (exact) mass is 232 g/mol. The highest BCUT2D eigenvalue weighted by atomic mass is 16.2. The Labute approximate surface area is 103 Å². The molecule has 1 saturated heterocycles. The number of hydrogen-bond acceptors (Lipinski definition) is 2. The number of aryl methyl sites for hydroxylation is 1. The number of benzene rings is 1. The maximum absolute atomic E-state index is 12.3. The largest absolute Gasteiger partial charge is 0.311 e. The molecule has 2 rings (SSSR count).